The van der Waals surface area contributed by atoms with E-state index in [1.165, 1.54) is 10.2 Å². The molecule has 3 aromatic rings. The fraction of sp³-hybridized carbons (Fsp3) is 0.118. The van der Waals surface area contributed by atoms with Gasteiger partial charge in [-0.25, -0.2) is 12.4 Å². The van der Waals surface area contributed by atoms with E-state index in [4.69, 9.17) is 4.74 Å². The third-order valence-electron chi connectivity index (χ3n) is 3.91. The van der Waals surface area contributed by atoms with Crippen molar-refractivity contribution in [3.05, 3.63) is 60.3 Å². The van der Waals surface area contributed by atoms with Crippen LogP contribution in [-0.2, 0) is 21.2 Å². The smallest absolute Gasteiger partial charge is 0.268 e. The van der Waals surface area contributed by atoms with Gasteiger partial charge in [0.05, 0.1) is 10.4 Å². The SMILES string of the molecule is O=C1COc2cccc3c2c(cn3S(=O)(=O)c2ccccc2)C1. The largest absolute Gasteiger partial charge is 0.485 e. The summed E-state index contributed by atoms with van der Waals surface area (Å²) in [5.74, 6) is 0.475. The highest BCUT2D eigenvalue weighted by atomic mass is 32.2. The minimum atomic E-state index is -3.72. The predicted molar refractivity (Wildman–Crippen MR) is 85.2 cm³/mol. The van der Waals surface area contributed by atoms with Crippen molar-refractivity contribution in [2.24, 2.45) is 0 Å². The third kappa shape index (κ3) is 2.14. The Balaban J connectivity index is 2.02. The lowest BCUT2D eigenvalue weighted by Crippen LogP contribution is -2.13. The minimum Gasteiger partial charge on any atom is -0.485 e. The number of rotatable bonds is 2. The summed E-state index contributed by atoms with van der Waals surface area (Å²) in [6.07, 6.45) is 1.70. The fourth-order valence-corrected chi connectivity index (χ4v) is 4.29. The van der Waals surface area contributed by atoms with E-state index < -0.39 is 10.0 Å². The molecule has 1 aliphatic heterocycles. The Hall–Kier alpha value is -2.60. The van der Waals surface area contributed by atoms with Crippen LogP contribution in [0.3, 0.4) is 0 Å². The van der Waals surface area contributed by atoms with Crippen LogP contribution in [0.1, 0.15) is 5.56 Å². The highest BCUT2D eigenvalue weighted by Gasteiger charge is 2.25. The van der Waals surface area contributed by atoms with Crippen LogP contribution >= 0.6 is 0 Å². The number of hydrogen-bond acceptors (Lipinski definition) is 4. The van der Waals surface area contributed by atoms with Crippen molar-refractivity contribution < 1.29 is 17.9 Å². The van der Waals surface area contributed by atoms with Gasteiger partial charge in [0.25, 0.3) is 10.0 Å². The van der Waals surface area contributed by atoms with Gasteiger partial charge < -0.3 is 4.74 Å². The molecule has 0 radical (unpaired) electrons. The molecule has 0 aliphatic carbocycles. The first kappa shape index (κ1) is 14.0. The molecule has 4 rings (SSSR count). The second kappa shape index (κ2) is 4.96. The summed E-state index contributed by atoms with van der Waals surface area (Å²) in [4.78, 5) is 12.0. The first-order chi connectivity index (χ1) is 11.1. The fourth-order valence-electron chi connectivity index (χ4n) is 2.88. The Labute approximate surface area is 133 Å². The Kier molecular flexibility index (Phi) is 3.02. The van der Waals surface area contributed by atoms with Gasteiger partial charge in [-0.2, -0.15) is 0 Å². The highest BCUT2D eigenvalue weighted by molar-refractivity contribution is 7.90. The lowest BCUT2D eigenvalue weighted by Gasteiger charge is -2.09. The zero-order valence-corrected chi connectivity index (χ0v) is 12.9. The summed E-state index contributed by atoms with van der Waals surface area (Å²) in [7, 11) is -3.72. The Morgan fingerprint density at radius 3 is 2.57 bits per heavy atom. The molecule has 5 nitrogen and oxygen atoms in total. The molecule has 0 N–H and O–H groups in total. The van der Waals surface area contributed by atoms with Gasteiger partial charge in [0.1, 0.15) is 12.4 Å². The zero-order chi connectivity index (χ0) is 16.0. The van der Waals surface area contributed by atoms with E-state index in [-0.39, 0.29) is 23.7 Å². The Bertz CT molecular complexity index is 1020. The standard InChI is InChI=1S/C17H13NO4S/c19-13-9-12-10-18(23(20,21)14-5-2-1-3-6-14)15-7-4-8-16(17(12)15)22-11-13/h1-8,10H,9,11H2. The van der Waals surface area contributed by atoms with Crippen LogP contribution in [0.2, 0.25) is 0 Å². The molecule has 0 fully saturated rings. The summed E-state index contributed by atoms with van der Waals surface area (Å²) in [6, 6.07) is 13.4. The number of benzene rings is 2. The average molecular weight is 327 g/mol. The van der Waals surface area contributed by atoms with Gasteiger partial charge in [-0.1, -0.05) is 24.3 Å². The zero-order valence-electron chi connectivity index (χ0n) is 12.1. The molecule has 0 atom stereocenters. The maximum atomic E-state index is 12.9. The van der Waals surface area contributed by atoms with Crippen LogP contribution in [0.5, 0.6) is 5.75 Å². The van der Waals surface area contributed by atoms with Crippen molar-refractivity contribution in [1.29, 1.82) is 0 Å². The quantitative estimate of drug-likeness (QED) is 0.725. The van der Waals surface area contributed by atoms with E-state index in [1.54, 1.807) is 48.5 Å². The van der Waals surface area contributed by atoms with Gasteiger partial charge in [-0.15, -0.1) is 0 Å². The molecule has 0 spiro atoms. The van der Waals surface area contributed by atoms with Crippen molar-refractivity contribution in [3.63, 3.8) is 0 Å². The highest BCUT2D eigenvalue weighted by Crippen LogP contribution is 2.34. The third-order valence-corrected chi connectivity index (χ3v) is 5.60. The molecular weight excluding hydrogens is 314 g/mol. The van der Waals surface area contributed by atoms with Gasteiger partial charge in [0.2, 0.25) is 0 Å². The van der Waals surface area contributed by atoms with Gasteiger partial charge in [-0.05, 0) is 29.8 Å². The molecule has 2 heterocycles. The molecule has 0 bridgehead atoms. The Morgan fingerprint density at radius 2 is 1.78 bits per heavy atom. The van der Waals surface area contributed by atoms with Crippen molar-refractivity contribution in [2.75, 3.05) is 6.61 Å². The van der Waals surface area contributed by atoms with Crippen LogP contribution in [0, 0.1) is 0 Å². The maximum Gasteiger partial charge on any atom is 0.268 e. The average Bonchev–Trinajstić information content (AvgIpc) is 2.85. The van der Waals surface area contributed by atoms with Gasteiger partial charge in [0, 0.05) is 18.0 Å². The van der Waals surface area contributed by atoms with Crippen molar-refractivity contribution in [1.82, 2.24) is 3.97 Å². The van der Waals surface area contributed by atoms with E-state index in [1.807, 2.05) is 0 Å². The number of Topliss-reactive ketones (excluding diaryl/α,β-unsaturated/α-hetero) is 1. The van der Waals surface area contributed by atoms with E-state index in [9.17, 15) is 13.2 Å². The topological polar surface area (TPSA) is 65.4 Å². The summed E-state index contributed by atoms with van der Waals surface area (Å²) in [5, 5.41) is 0.692. The van der Waals surface area contributed by atoms with Crippen LogP contribution in [0.4, 0.5) is 0 Å². The van der Waals surface area contributed by atoms with E-state index in [0.717, 1.165) is 0 Å². The molecule has 23 heavy (non-hydrogen) atoms. The summed E-state index contributed by atoms with van der Waals surface area (Å²) < 4.78 is 32.6. The Morgan fingerprint density at radius 1 is 1.00 bits per heavy atom. The summed E-state index contributed by atoms with van der Waals surface area (Å²) in [5.41, 5.74) is 1.20. The van der Waals surface area contributed by atoms with Crippen LogP contribution in [0.15, 0.2) is 59.6 Å². The van der Waals surface area contributed by atoms with Crippen molar-refractivity contribution in [3.8, 4) is 5.75 Å². The molecule has 1 aromatic heterocycles. The van der Waals surface area contributed by atoms with Crippen LogP contribution < -0.4 is 4.74 Å². The first-order valence-electron chi connectivity index (χ1n) is 7.15. The second-order valence-corrected chi connectivity index (χ2v) is 7.24. The number of aromatic nitrogens is 1. The molecule has 0 saturated carbocycles. The lowest BCUT2D eigenvalue weighted by atomic mass is 10.1. The molecule has 0 saturated heterocycles. The molecule has 116 valence electrons. The van der Waals surface area contributed by atoms with Crippen LogP contribution in [0.25, 0.3) is 10.9 Å². The van der Waals surface area contributed by atoms with Crippen LogP contribution in [-0.4, -0.2) is 24.8 Å². The summed E-state index contributed by atoms with van der Waals surface area (Å²) >= 11 is 0. The van der Waals surface area contributed by atoms with E-state index in [0.29, 0.717) is 22.2 Å². The monoisotopic (exact) mass is 327 g/mol. The normalized spacial score (nSPS) is 14.5. The second-order valence-electron chi connectivity index (χ2n) is 5.42. The molecule has 0 amide bonds. The molecule has 2 aromatic carbocycles. The van der Waals surface area contributed by atoms with Crippen molar-refractivity contribution >= 4 is 26.7 Å². The number of hydrogen-bond donors (Lipinski definition) is 0. The first-order valence-corrected chi connectivity index (χ1v) is 8.59. The van der Waals surface area contributed by atoms with Gasteiger partial charge in [-0.3, -0.25) is 4.79 Å². The van der Waals surface area contributed by atoms with E-state index >= 15 is 0 Å². The molecular formula is C17H13NO4S. The molecule has 6 heteroatoms. The minimum absolute atomic E-state index is 0.0131. The van der Waals surface area contributed by atoms with Gasteiger partial charge in [0.15, 0.2) is 5.78 Å². The van der Waals surface area contributed by atoms with E-state index in [2.05, 4.69) is 0 Å². The van der Waals surface area contributed by atoms with Gasteiger partial charge >= 0.3 is 0 Å². The number of ketones is 1. The molecule has 0 unspecified atom stereocenters. The number of nitrogens with zero attached hydrogens (tertiary/aromatic N) is 1. The lowest BCUT2D eigenvalue weighted by molar-refractivity contribution is -0.120. The molecule has 1 aliphatic rings. The number of carbonyl (C=O) groups is 1. The number of carbonyl (C=O) groups excluding carboxylic acids is 1. The summed E-state index contributed by atoms with van der Waals surface area (Å²) in [6.45, 7) is 0.0131. The number of ether oxygens (including phenoxy) is 1. The maximum absolute atomic E-state index is 12.9. The predicted octanol–water partition coefficient (Wildman–Crippen LogP) is 2.38. The van der Waals surface area contributed by atoms with Crippen molar-refractivity contribution in [2.45, 2.75) is 11.3 Å².